The molecule has 0 aromatic carbocycles. The number of thiazole rings is 1. The quantitative estimate of drug-likeness (QED) is 0.881. The number of carbonyl (C=O) groups is 1. The average molecular weight is 291 g/mol. The molecule has 2 rings (SSSR count). The molecule has 0 saturated carbocycles. The Morgan fingerprint density at radius 1 is 1.45 bits per heavy atom. The van der Waals surface area contributed by atoms with Crippen LogP contribution in [0.25, 0.3) is 0 Å². The number of hydrogen-bond acceptors (Lipinski definition) is 6. The van der Waals surface area contributed by atoms with Gasteiger partial charge in [0.05, 0.1) is 30.1 Å². The van der Waals surface area contributed by atoms with E-state index in [-0.39, 0.29) is 5.91 Å². The van der Waals surface area contributed by atoms with Crippen molar-refractivity contribution in [2.24, 2.45) is 0 Å². The van der Waals surface area contributed by atoms with E-state index in [1.165, 1.54) is 17.5 Å². The van der Waals surface area contributed by atoms with Crippen molar-refractivity contribution in [2.45, 2.75) is 19.9 Å². The van der Waals surface area contributed by atoms with Crippen molar-refractivity contribution in [3.8, 4) is 0 Å². The van der Waals surface area contributed by atoms with Crippen molar-refractivity contribution < 1.29 is 4.79 Å². The number of amides is 1. The van der Waals surface area contributed by atoms with Crippen molar-refractivity contribution in [1.82, 2.24) is 19.9 Å². The number of anilines is 1. The zero-order valence-electron chi connectivity index (χ0n) is 11.5. The number of rotatable bonds is 6. The monoisotopic (exact) mass is 291 g/mol. The molecule has 0 spiro atoms. The Kier molecular flexibility index (Phi) is 5.00. The maximum absolute atomic E-state index is 12.3. The molecule has 2 aromatic heterocycles. The molecule has 1 N–H and O–H groups in total. The average Bonchev–Trinajstić information content (AvgIpc) is 2.97. The third-order valence-electron chi connectivity index (χ3n) is 2.64. The molecule has 0 radical (unpaired) electrons. The van der Waals surface area contributed by atoms with E-state index >= 15 is 0 Å². The second kappa shape index (κ2) is 6.95. The summed E-state index contributed by atoms with van der Waals surface area (Å²) in [7, 11) is 1.73. The topological polar surface area (TPSA) is 71.0 Å². The molecule has 1 amide bonds. The summed E-state index contributed by atoms with van der Waals surface area (Å²) in [6.45, 7) is 3.34. The molecule has 0 aliphatic carbocycles. The fraction of sp³-hybridized carbons (Fsp3) is 0.385. The minimum atomic E-state index is -0.161. The lowest BCUT2D eigenvalue weighted by molar-refractivity contribution is 0.0777. The molecule has 0 bridgehead atoms. The molecule has 20 heavy (non-hydrogen) atoms. The highest BCUT2D eigenvalue weighted by atomic mass is 32.1. The van der Waals surface area contributed by atoms with Crippen LogP contribution in [0.2, 0.25) is 0 Å². The first-order valence-corrected chi connectivity index (χ1v) is 7.33. The molecule has 106 valence electrons. The Hall–Kier alpha value is -2.02. The minimum absolute atomic E-state index is 0.161. The molecule has 0 unspecified atom stereocenters. The molecule has 0 aliphatic rings. The summed E-state index contributed by atoms with van der Waals surface area (Å²) in [5, 5.41) is 5.04. The van der Waals surface area contributed by atoms with Crippen molar-refractivity contribution in [3.63, 3.8) is 0 Å². The van der Waals surface area contributed by atoms with E-state index in [4.69, 9.17) is 0 Å². The first-order chi connectivity index (χ1) is 9.70. The van der Waals surface area contributed by atoms with Gasteiger partial charge in [-0.1, -0.05) is 6.92 Å². The van der Waals surface area contributed by atoms with Gasteiger partial charge in [0.15, 0.2) is 0 Å². The van der Waals surface area contributed by atoms with Gasteiger partial charge in [-0.05, 0) is 6.42 Å². The predicted molar refractivity (Wildman–Crippen MR) is 78.7 cm³/mol. The fourth-order valence-electron chi connectivity index (χ4n) is 1.63. The standard InChI is InChI=1S/C13H17N5OS/c1-3-4-15-12-6-14-5-11(17-12)13(19)18(2)7-10-8-20-9-16-10/h5-6,8-9H,3-4,7H2,1-2H3,(H,15,17). The molecular formula is C13H17N5OS. The lowest BCUT2D eigenvalue weighted by Gasteiger charge is -2.15. The molecule has 6 nitrogen and oxygen atoms in total. The molecule has 7 heteroatoms. The van der Waals surface area contributed by atoms with Gasteiger partial charge in [0.2, 0.25) is 0 Å². The predicted octanol–water partition coefficient (Wildman–Crippen LogP) is 2.03. The van der Waals surface area contributed by atoms with Gasteiger partial charge in [0.1, 0.15) is 11.5 Å². The van der Waals surface area contributed by atoms with Gasteiger partial charge in [-0.3, -0.25) is 9.78 Å². The Labute approximate surface area is 121 Å². The number of nitrogens with zero attached hydrogens (tertiary/aromatic N) is 4. The van der Waals surface area contributed by atoms with Crippen LogP contribution in [-0.4, -0.2) is 39.4 Å². The second-order valence-electron chi connectivity index (χ2n) is 4.36. The van der Waals surface area contributed by atoms with Crippen LogP contribution in [0, 0.1) is 0 Å². The Balaban J connectivity index is 2.04. The first-order valence-electron chi connectivity index (χ1n) is 6.39. The van der Waals surface area contributed by atoms with Crippen LogP contribution in [0.4, 0.5) is 5.82 Å². The SMILES string of the molecule is CCCNc1cncc(C(=O)N(C)Cc2cscn2)n1. The van der Waals surface area contributed by atoms with Crippen LogP contribution >= 0.6 is 11.3 Å². The zero-order valence-corrected chi connectivity index (χ0v) is 12.4. The van der Waals surface area contributed by atoms with Gasteiger partial charge in [0.25, 0.3) is 5.91 Å². The van der Waals surface area contributed by atoms with Crippen LogP contribution in [0.15, 0.2) is 23.3 Å². The Bertz CT molecular complexity index is 558. The van der Waals surface area contributed by atoms with Crippen LogP contribution < -0.4 is 5.32 Å². The van der Waals surface area contributed by atoms with E-state index in [0.717, 1.165) is 18.7 Å². The molecular weight excluding hydrogens is 274 g/mol. The fourth-order valence-corrected chi connectivity index (χ4v) is 2.18. The van der Waals surface area contributed by atoms with Gasteiger partial charge in [-0.2, -0.15) is 0 Å². The van der Waals surface area contributed by atoms with Gasteiger partial charge < -0.3 is 10.2 Å². The third-order valence-corrected chi connectivity index (χ3v) is 3.27. The maximum atomic E-state index is 12.3. The maximum Gasteiger partial charge on any atom is 0.274 e. The Morgan fingerprint density at radius 2 is 2.30 bits per heavy atom. The second-order valence-corrected chi connectivity index (χ2v) is 5.08. The van der Waals surface area contributed by atoms with Crippen molar-refractivity contribution >= 4 is 23.1 Å². The summed E-state index contributed by atoms with van der Waals surface area (Å²) in [6.07, 6.45) is 4.09. The third kappa shape index (κ3) is 3.74. The molecule has 2 heterocycles. The normalized spacial score (nSPS) is 10.3. The highest BCUT2D eigenvalue weighted by molar-refractivity contribution is 7.07. The Morgan fingerprint density at radius 3 is 3.00 bits per heavy atom. The molecule has 0 fully saturated rings. The minimum Gasteiger partial charge on any atom is -0.369 e. The van der Waals surface area contributed by atoms with E-state index in [2.05, 4.69) is 27.2 Å². The summed E-state index contributed by atoms with van der Waals surface area (Å²) < 4.78 is 0. The highest BCUT2D eigenvalue weighted by Crippen LogP contribution is 2.08. The lowest BCUT2D eigenvalue weighted by Crippen LogP contribution is -2.27. The lowest BCUT2D eigenvalue weighted by atomic mass is 10.3. The molecule has 0 atom stereocenters. The van der Waals surface area contributed by atoms with Gasteiger partial charge in [0, 0.05) is 19.0 Å². The number of hydrogen-bond donors (Lipinski definition) is 1. The van der Waals surface area contributed by atoms with Crippen LogP contribution in [-0.2, 0) is 6.54 Å². The van der Waals surface area contributed by atoms with E-state index in [1.807, 2.05) is 5.38 Å². The van der Waals surface area contributed by atoms with Crippen LogP contribution in [0.5, 0.6) is 0 Å². The highest BCUT2D eigenvalue weighted by Gasteiger charge is 2.15. The largest absolute Gasteiger partial charge is 0.369 e. The van der Waals surface area contributed by atoms with Gasteiger partial charge >= 0.3 is 0 Å². The summed E-state index contributed by atoms with van der Waals surface area (Å²) >= 11 is 1.51. The number of aromatic nitrogens is 3. The smallest absolute Gasteiger partial charge is 0.274 e. The number of carbonyl (C=O) groups excluding carboxylic acids is 1. The van der Waals surface area contributed by atoms with E-state index in [9.17, 15) is 4.79 Å². The van der Waals surface area contributed by atoms with E-state index in [0.29, 0.717) is 18.1 Å². The van der Waals surface area contributed by atoms with Crippen LogP contribution in [0.1, 0.15) is 29.5 Å². The zero-order chi connectivity index (χ0) is 14.4. The van der Waals surface area contributed by atoms with Crippen molar-refractivity contribution in [1.29, 1.82) is 0 Å². The van der Waals surface area contributed by atoms with E-state index in [1.54, 1.807) is 23.7 Å². The first kappa shape index (κ1) is 14.4. The summed E-state index contributed by atoms with van der Waals surface area (Å²) in [5.41, 5.74) is 2.96. The van der Waals surface area contributed by atoms with Gasteiger partial charge in [-0.25, -0.2) is 9.97 Å². The summed E-state index contributed by atoms with van der Waals surface area (Å²) in [4.78, 5) is 26.4. The summed E-state index contributed by atoms with van der Waals surface area (Å²) in [5.74, 6) is 0.463. The molecule has 0 aliphatic heterocycles. The molecule has 0 saturated heterocycles. The number of nitrogens with one attached hydrogen (secondary N) is 1. The molecule has 2 aromatic rings. The van der Waals surface area contributed by atoms with Crippen LogP contribution in [0.3, 0.4) is 0 Å². The van der Waals surface area contributed by atoms with Crippen molar-refractivity contribution in [2.75, 3.05) is 18.9 Å². The van der Waals surface area contributed by atoms with Gasteiger partial charge in [-0.15, -0.1) is 11.3 Å². The summed E-state index contributed by atoms with van der Waals surface area (Å²) in [6, 6.07) is 0. The van der Waals surface area contributed by atoms with Crippen molar-refractivity contribution in [3.05, 3.63) is 34.7 Å². The van der Waals surface area contributed by atoms with E-state index < -0.39 is 0 Å².